The van der Waals surface area contributed by atoms with Gasteiger partial charge in [0.2, 0.25) is 5.82 Å². The molecule has 0 unspecified atom stereocenters. The summed E-state index contributed by atoms with van der Waals surface area (Å²) in [6, 6.07) is 0. The van der Waals surface area contributed by atoms with Crippen LogP contribution in [0.15, 0.2) is 0 Å². The predicted molar refractivity (Wildman–Crippen MR) is 67.4 cm³/mol. The van der Waals surface area contributed by atoms with Crippen molar-refractivity contribution in [2.75, 3.05) is 23.4 Å². The number of aromatic nitrogens is 2. The molecule has 1 heterocycles. The summed E-state index contributed by atoms with van der Waals surface area (Å²) in [4.78, 5) is 10.3. The fourth-order valence-electron chi connectivity index (χ4n) is 1.53. The van der Waals surface area contributed by atoms with Crippen LogP contribution in [0.5, 0.6) is 0 Å². The van der Waals surface area contributed by atoms with Crippen LogP contribution in [0.1, 0.15) is 12.6 Å². The maximum Gasteiger partial charge on any atom is 0.333 e. The first-order chi connectivity index (χ1) is 8.28. The number of aryl methyl sites for hydroxylation is 2. The van der Waals surface area contributed by atoms with Crippen LogP contribution in [-0.4, -0.2) is 41.2 Å². The quantitative estimate of drug-likeness (QED) is 0.598. The predicted octanol–water partition coefficient (Wildman–Crippen LogP) is 0.483. The number of sulfone groups is 1. The Bertz CT molecular complexity index is 549. The lowest BCUT2D eigenvalue weighted by Crippen LogP contribution is -2.18. The molecule has 0 fully saturated rings. The molecular formula is C9H16N4O4S. The maximum absolute atomic E-state index is 11.3. The van der Waals surface area contributed by atoms with Crippen LogP contribution in [0.3, 0.4) is 0 Å². The third-order valence-corrected chi connectivity index (χ3v) is 4.22. The van der Waals surface area contributed by atoms with E-state index in [1.54, 1.807) is 14.0 Å². The van der Waals surface area contributed by atoms with Gasteiger partial charge in [-0.25, -0.2) is 13.1 Å². The highest BCUT2D eigenvalue weighted by atomic mass is 32.2. The monoisotopic (exact) mass is 276 g/mol. The van der Waals surface area contributed by atoms with Gasteiger partial charge in [-0.2, -0.15) is 5.10 Å². The lowest BCUT2D eigenvalue weighted by atomic mass is 10.4. The molecule has 0 aliphatic heterocycles. The number of hydrogen-bond donors (Lipinski definition) is 1. The van der Waals surface area contributed by atoms with E-state index in [9.17, 15) is 18.5 Å². The molecule has 8 nitrogen and oxygen atoms in total. The lowest BCUT2D eigenvalue weighted by Gasteiger charge is -2.05. The molecule has 0 aliphatic rings. The van der Waals surface area contributed by atoms with E-state index in [0.29, 0.717) is 5.69 Å². The summed E-state index contributed by atoms with van der Waals surface area (Å²) < 4.78 is 23.9. The standard InChI is InChI=1S/C9H16N4O4S/c1-4-18(16,17)6-5-10-9-8(13(14)15)7(2)11-12(9)3/h10H,4-6H2,1-3H3. The molecule has 1 N–H and O–H groups in total. The normalized spacial score (nSPS) is 11.5. The van der Waals surface area contributed by atoms with E-state index >= 15 is 0 Å². The molecule has 1 rings (SSSR count). The van der Waals surface area contributed by atoms with Crippen molar-refractivity contribution in [3.05, 3.63) is 15.8 Å². The third-order valence-electron chi connectivity index (χ3n) is 2.52. The molecule has 0 aromatic carbocycles. The molecule has 0 spiro atoms. The first kappa shape index (κ1) is 14.4. The van der Waals surface area contributed by atoms with E-state index in [1.165, 1.54) is 11.6 Å². The maximum atomic E-state index is 11.3. The molecule has 0 aliphatic carbocycles. The van der Waals surface area contributed by atoms with Crippen LogP contribution in [0.2, 0.25) is 0 Å². The number of anilines is 1. The van der Waals surface area contributed by atoms with Gasteiger partial charge in [0.05, 0.1) is 10.7 Å². The molecule has 0 radical (unpaired) electrons. The molecule has 0 atom stereocenters. The van der Waals surface area contributed by atoms with Crippen molar-refractivity contribution in [3.63, 3.8) is 0 Å². The number of rotatable bonds is 6. The van der Waals surface area contributed by atoms with Crippen LogP contribution in [0, 0.1) is 17.0 Å². The van der Waals surface area contributed by atoms with Crippen LogP contribution in [0.25, 0.3) is 0 Å². The van der Waals surface area contributed by atoms with Gasteiger partial charge in [-0.1, -0.05) is 6.92 Å². The Balaban J connectivity index is 2.83. The molecular weight excluding hydrogens is 260 g/mol. The molecule has 0 saturated carbocycles. The second kappa shape index (κ2) is 5.34. The van der Waals surface area contributed by atoms with E-state index in [1.807, 2.05) is 0 Å². The van der Waals surface area contributed by atoms with Gasteiger partial charge in [0.1, 0.15) is 5.69 Å². The summed E-state index contributed by atoms with van der Waals surface area (Å²) in [5.74, 6) is 0.218. The Morgan fingerprint density at radius 2 is 2.11 bits per heavy atom. The van der Waals surface area contributed by atoms with Gasteiger partial charge in [-0.15, -0.1) is 0 Å². The summed E-state index contributed by atoms with van der Waals surface area (Å²) in [6.45, 7) is 3.22. The lowest BCUT2D eigenvalue weighted by molar-refractivity contribution is -0.384. The second-order valence-corrected chi connectivity index (χ2v) is 6.30. The van der Waals surface area contributed by atoms with Gasteiger partial charge in [0.25, 0.3) is 0 Å². The molecule has 9 heteroatoms. The topological polar surface area (TPSA) is 107 Å². The zero-order valence-corrected chi connectivity index (χ0v) is 11.3. The summed E-state index contributed by atoms with van der Waals surface area (Å²) in [5.41, 5.74) is 0.176. The Labute approximate surface area is 105 Å². The largest absolute Gasteiger partial charge is 0.364 e. The third kappa shape index (κ3) is 3.19. The Morgan fingerprint density at radius 1 is 1.50 bits per heavy atom. The minimum atomic E-state index is -3.09. The van der Waals surface area contributed by atoms with Crippen LogP contribution >= 0.6 is 0 Å². The van der Waals surface area contributed by atoms with Crippen molar-refractivity contribution in [1.82, 2.24) is 9.78 Å². The molecule has 1 aromatic heterocycles. The fourth-order valence-corrected chi connectivity index (χ4v) is 2.23. The van der Waals surface area contributed by atoms with Crippen molar-refractivity contribution in [2.24, 2.45) is 7.05 Å². The SMILES string of the molecule is CCS(=O)(=O)CCNc1c([N+](=O)[O-])c(C)nn1C. The molecule has 0 bridgehead atoms. The van der Waals surface area contributed by atoms with Crippen molar-refractivity contribution in [2.45, 2.75) is 13.8 Å². The zero-order chi connectivity index (χ0) is 13.9. The molecule has 1 aromatic rings. The smallest absolute Gasteiger partial charge is 0.333 e. The van der Waals surface area contributed by atoms with Crippen molar-refractivity contribution in [3.8, 4) is 0 Å². The highest BCUT2D eigenvalue weighted by Crippen LogP contribution is 2.26. The molecule has 102 valence electrons. The summed E-state index contributed by atoms with van der Waals surface area (Å²) in [7, 11) is -1.52. The fraction of sp³-hybridized carbons (Fsp3) is 0.667. The number of nitro groups is 1. The van der Waals surface area contributed by atoms with E-state index < -0.39 is 14.8 Å². The molecule has 0 amide bonds. The number of nitrogens with one attached hydrogen (secondary N) is 1. The van der Waals surface area contributed by atoms with Crippen molar-refractivity contribution in [1.29, 1.82) is 0 Å². The van der Waals surface area contributed by atoms with Crippen molar-refractivity contribution >= 4 is 21.3 Å². The number of nitrogens with zero attached hydrogens (tertiary/aromatic N) is 3. The van der Waals surface area contributed by atoms with Gasteiger partial charge in [0, 0.05) is 19.3 Å². The Hall–Kier alpha value is -1.64. The summed E-state index contributed by atoms with van der Waals surface area (Å²) in [5, 5.41) is 17.6. The van der Waals surface area contributed by atoms with Gasteiger partial charge in [-0.3, -0.25) is 10.1 Å². The van der Waals surface area contributed by atoms with E-state index in [-0.39, 0.29) is 29.6 Å². The minimum Gasteiger partial charge on any atom is -0.364 e. The Kier molecular flexibility index (Phi) is 4.28. The van der Waals surface area contributed by atoms with E-state index in [2.05, 4.69) is 10.4 Å². The highest BCUT2D eigenvalue weighted by molar-refractivity contribution is 7.91. The van der Waals surface area contributed by atoms with Gasteiger partial charge >= 0.3 is 5.69 Å². The average Bonchev–Trinajstić information content (AvgIpc) is 2.53. The zero-order valence-electron chi connectivity index (χ0n) is 10.5. The summed E-state index contributed by atoms with van der Waals surface area (Å²) in [6.07, 6.45) is 0. The van der Waals surface area contributed by atoms with Gasteiger partial charge in [-0.05, 0) is 6.92 Å². The van der Waals surface area contributed by atoms with E-state index in [0.717, 1.165) is 0 Å². The van der Waals surface area contributed by atoms with Gasteiger partial charge in [0.15, 0.2) is 9.84 Å². The van der Waals surface area contributed by atoms with Gasteiger partial charge < -0.3 is 5.32 Å². The number of hydrogen-bond acceptors (Lipinski definition) is 6. The average molecular weight is 276 g/mol. The Morgan fingerprint density at radius 3 is 2.61 bits per heavy atom. The molecule has 0 saturated heterocycles. The van der Waals surface area contributed by atoms with Crippen molar-refractivity contribution < 1.29 is 13.3 Å². The second-order valence-electron chi connectivity index (χ2n) is 3.83. The first-order valence-corrected chi connectivity index (χ1v) is 7.23. The van der Waals surface area contributed by atoms with Crippen LogP contribution in [0.4, 0.5) is 11.5 Å². The highest BCUT2D eigenvalue weighted by Gasteiger charge is 2.23. The van der Waals surface area contributed by atoms with E-state index in [4.69, 9.17) is 0 Å². The van der Waals surface area contributed by atoms with Crippen LogP contribution < -0.4 is 5.32 Å². The van der Waals surface area contributed by atoms with Crippen LogP contribution in [-0.2, 0) is 16.9 Å². The minimum absolute atomic E-state index is 0.0567. The summed E-state index contributed by atoms with van der Waals surface area (Å²) >= 11 is 0. The first-order valence-electron chi connectivity index (χ1n) is 5.40. The molecule has 18 heavy (non-hydrogen) atoms.